The van der Waals surface area contributed by atoms with E-state index >= 15 is 0 Å². The first-order valence-corrected chi connectivity index (χ1v) is 5.53. The van der Waals surface area contributed by atoms with Crippen molar-refractivity contribution in [2.24, 2.45) is 0 Å². The number of hydrogen-bond donors (Lipinski definition) is 0. The molecular weight excluding hydrogens is 207 g/mol. The highest BCUT2D eigenvalue weighted by atomic mass is 31.0. The van der Waals surface area contributed by atoms with Crippen molar-refractivity contribution < 1.29 is 9.21 Å². The highest BCUT2D eigenvalue weighted by molar-refractivity contribution is 7.27. The molecule has 78 valence electrons. The summed E-state index contributed by atoms with van der Waals surface area (Å²) in [6.07, 6.45) is 0.481. The fourth-order valence-corrected chi connectivity index (χ4v) is 1.92. The van der Waals surface area contributed by atoms with Gasteiger partial charge in [-0.25, -0.2) is 0 Å². The van der Waals surface area contributed by atoms with Crippen molar-refractivity contribution in [2.75, 3.05) is 0 Å². The molecule has 0 aliphatic heterocycles. The van der Waals surface area contributed by atoms with Gasteiger partial charge in [0, 0.05) is 17.4 Å². The summed E-state index contributed by atoms with van der Waals surface area (Å²) in [5.41, 5.74) is 1.73. The normalized spacial score (nSPS) is 10.9. The van der Waals surface area contributed by atoms with Crippen LogP contribution in [0.2, 0.25) is 0 Å². The van der Waals surface area contributed by atoms with E-state index in [9.17, 15) is 4.79 Å². The van der Waals surface area contributed by atoms with Crippen LogP contribution in [0.1, 0.15) is 29.5 Å². The third-order valence-corrected chi connectivity index (χ3v) is 2.90. The molecule has 1 unspecified atom stereocenters. The molecule has 0 saturated carbocycles. The Morgan fingerprint density at radius 3 is 2.87 bits per heavy atom. The lowest BCUT2D eigenvalue weighted by Gasteiger charge is -1.92. The van der Waals surface area contributed by atoms with Crippen molar-refractivity contribution in [1.29, 1.82) is 0 Å². The van der Waals surface area contributed by atoms with E-state index in [4.69, 9.17) is 4.42 Å². The molecule has 0 saturated heterocycles. The highest BCUT2D eigenvalue weighted by Crippen LogP contribution is 2.25. The number of aryl methyl sites for hydroxylation is 1. The summed E-state index contributed by atoms with van der Waals surface area (Å²) in [6.45, 7) is 3.77. The summed E-state index contributed by atoms with van der Waals surface area (Å²) in [6, 6.07) is 5.91. The van der Waals surface area contributed by atoms with Gasteiger partial charge in [-0.05, 0) is 18.3 Å². The molecule has 0 aliphatic rings. The lowest BCUT2D eigenvalue weighted by Crippen LogP contribution is -1.95. The minimum absolute atomic E-state index is 0.0639. The minimum atomic E-state index is 0.0639. The van der Waals surface area contributed by atoms with E-state index in [0.29, 0.717) is 12.2 Å². The monoisotopic (exact) mass is 220 g/mol. The van der Waals surface area contributed by atoms with Crippen molar-refractivity contribution in [1.82, 2.24) is 0 Å². The van der Waals surface area contributed by atoms with E-state index in [1.165, 1.54) is 0 Å². The average Bonchev–Trinajstić information content (AvgIpc) is 2.54. The maximum atomic E-state index is 11.6. The van der Waals surface area contributed by atoms with Crippen LogP contribution in [0.3, 0.4) is 0 Å². The van der Waals surface area contributed by atoms with Crippen molar-refractivity contribution in [3.8, 4) is 0 Å². The zero-order valence-corrected chi connectivity index (χ0v) is 9.99. The van der Waals surface area contributed by atoms with E-state index in [1.54, 1.807) is 0 Å². The molecule has 2 rings (SSSR count). The molecule has 1 aromatic carbocycles. The first kappa shape index (κ1) is 10.4. The SMILES string of the molecule is CCC(=O)c1oc2cc(P)ccc2c1C. The van der Waals surface area contributed by atoms with Crippen molar-refractivity contribution in [3.05, 3.63) is 29.5 Å². The van der Waals surface area contributed by atoms with Crippen molar-refractivity contribution in [2.45, 2.75) is 20.3 Å². The van der Waals surface area contributed by atoms with E-state index in [-0.39, 0.29) is 5.78 Å². The van der Waals surface area contributed by atoms with Gasteiger partial charge >= 0.3 is 0 Å². The molecule has 2 aromatic rings. The van der Waals surface area contributed by atoms with Crippen LogP contribution in [0.5, 0.6) is 0 Å². The Morgan fingerprint density at radius 2 is 2.20 bits per heavy atom. The Balaban J connectivity index is 2.69. The second-order valence-electron chi connectivity index (χ2n) is 3.59. The van der Waals surface area contributed by atoms with Crippen LogP contribution in [0, 0.1) is 6.92 Å². The van der Waals surface area contributed by atoms with Crippen LogP contribution in [-0.4, -0.2) is 5.78 Å². The lowest BCUT2D eigenvalue weighted by molar-refractivity contribution is 0.0963. The van der Waals surface area contributed by atoms with Gasteiger partial charge in [0.1, 0.15) is 5.58 Å². The Labute approximate surface area is 90.9 Å². The molecule has 15 heavy (non-hydrogen) atoms. The predicted molar refractivity (Wildman–Crippen MR) is 64.9 cm³/mol. The fourth-order valence-electron chi connectivity index (χ4n) is 1.67. The Morgan fingerprint density at radius 1 is 1.47 bits per heavy atom. The number of rotatable bonds is 2. The molecule has 0 bridgehead atoms. The van der Waals surface area contributed by atoms with E-state index in [1.807, 2.05) is 32.0 Å². The van der Waals surface area contributed by atoms with Crippen LogP contribution in [-0.2, 0) is 0 Å². The van der Waals surface area contributed by atoms with Crippen LogP contribution < -0.4 is 5.30 Å². The fraction of sp³-hybridized carbons (Fsp3) is 0.250. The zero-order chi connectivity index (χ0) is 11.0. The van der Waals surface area contributed by atoms with Gasteiger partial charge in [0.05, 0.1) is 0 Å². The van der Waals surface area contributed by atoms with Crippen LogP contribution in [0.25, 0.3) is 11.0 Å². The molecule has 0 N–H and O–H groups in total. The number of Topliss-reactive ketones (excluding diaryl/α,β-unsaturated/α-hetero) is 1. The summed E-state index contributed by atoms with van der Waals surface area (Å²) in [5.74, 6) is 0.567. The number of hydrogen-bond acceptors (Lipinski definition) is 2. The van der Waals surface area contributed by atoms with Crippen molar-refractivity contribution in [3.63, 3.8) is 0 Å². The van der Waals surface area contributed by atoms with E-state index < -0.39 is 0 Å². The lowest BCUT2D eigenvalue weighted by atomic mass is 10.1. The van der Waals surface area contributed by atoms with Gasteiger partial charge in [0.15, 0.2) is 11.5 Å². The number of carbonyl (C=O) groups excluding carboxylic acids is 1. The Bertz CT molecular complexity index is 526. The van der Waals surface area contributed by atoms with Gasteiger partial charge in [-0.15, -0.1) is 9.24 Å². The molecule has 0 radical (unpaired) electrons. The van der Waals surface area contributed by atoms with Crippen LogP contribution in [0.15, 0.2) is 22.6 Å². The maximum absolute atomic E-state index is 11.6. The number of carbonyl (C=O) groups is 1. The average molecular weight is 220 g/mol. The number of furan rings is 1. The standard InChI is InChI=1S/C12H13O2P/c1-3-10(13)12-7(2)9-5-4-8(15)6-11(9)14-12/h4-6H,3,15H2,1-2H3. The Hall–Kier alpha value is -1.14. The van der Waals surface area contributed by atoms with Gasteiger partial charge in [-0.3, -0.25) is 4.79 Å². The number of ketones is 1. The number of fused-ring (bicyclic) bond motifs is 1. The summed E-state index contributed by atoms with van der Waals surface area (Å²) >= 11 is 0. The molecule has 0 amide bonds. The molecule has 2 nitrogen and oxygen atoms in total. The van der Waals surface area contributed by atoms with E-state index in [0.717, 1.165) is 21.8 Å². The first-order chi connectivity index (χ1) is 7.13. The first-order valence-electron chi connectivity index (χ1n) is 4.95. The summed E-state index contributed by atoms with van der Waals surface area (Å²) in [5, 5.41) is 2.09. The summed E-state index contributed by atoms with van der Waals surface area (Å²) in [4.78, 5) is 11.6. The van der Waals surface area contributed by atoms with Crippen LogP contribution >= 0.6 is 9.24 Å². The van der Waals surface area contributed by atoms with E-state index in [2.05, 4.69) is 9.24 Å². The van der Waals surface area contributed by atoms with Gasteiger partial charge < -0.3 is 4.42 Å². The largest absolute Gasteiger partial charge is 0.453 e. The van der Waals surface area contributed by atoms with Gasteiger partial charge in [-0.1, -0.05) is 19.1 Å². The molecule has 0 aliphatic carbocycles. The zero-order valence-electron chi connectivity index (χ0n) is 8.83. The molecule has 1 atom stereocenters. The molecular formula is C12H13O2P. The van der Waals surface area contributed by atoms with Crippen LogP contribution in [0.4, 0.5) is 0 Å². The van der Waals surface area contributed by atoms with Gasteiger partial charge in [0.2, 0.25) is 0 Å². The minimum Gasteiger partial charge on any atom is -0.453 e. The topological polar surface area (TPSA) is 30.2 Å². The van der Waals surface area contributed by atoms with Gasteiger partial charge in [0.25, 0.3) is 0 Å². The number of benzene rings is 1. The van der Waals surface area contributed by atoms with Crippen molar-refractivity contribution >= 4 is 31.3 Å². The second kappa shape index (κ2) is 3.79. The molecule has 0 spiro atoms. The molecule has 0 fully saturated rings. The third-order valence-electron chi connectivity index (χ3n) is 2.54. The van der Waals surface area contributed by atoms with Gasteiger partial charge in [-0.2, -0.15) is 0 Å². The molecule has 1 heterocycles. The quantitative estimate of drug-likeness (QED) is 0.575. The summed E-state index contributed by atoms with van der Waals surface area (Å²) in [7, 11) is 2.62. The molecule has 1 aromatic heterocycles. The maximum Gasteiger partial charge on any atom is 0.198 e. The predicted octanol–water partition coefficient (Wildman–Crippen LogP) is 2.83. The molecule has 3 heteroatoms. The third kappa shape index (κ3) is 1.70. The Kier molecular flexibility index (Phi) is 2.62. The smallest absolute Gasteiger partial charge is 0.198 e. The summed E-state index contributed by atoms with van der Waals surface area (Å²) < 4.78 is 5.57. The highest BCUT2D eigenvalue weighted by Gasteiger charge is 2.15. The second-order valence-corrected chi connectivity index (χ2v) is 4.26.